The Kier molecular flexibility index (Phi) is 4.94. The highest BCUT2D eigenvalue weighted by Crippen LogP contribution is 2.35. The zero-order valence-electron chi connectivity index (χ0n) is 15.7. The fourth-order valence-corrected chi connectivity index (χ4v) is 3.58. The third kappa shape index (κ3) is 3.88. The predicted octanol–water partition coefficient (Wildman–Crippen LogP) is 2.22. The zero-order chi connectivity index (χ0) is 18.8. The average Bonchev–Trinajstić information content (AvgIpc) is 3.15. The summed E-state index contributed by atoms with van der Waals surface area (Å²) in [6, 6.07) is 6.49. The van der Waals surface area contributed by atoms with Crippen LogP contribution in [0, 0.1) is 0 Å². The minimum Gasteiger partial charge on any atom is -0.454 e. The smallest absolute Gasteiger partial charge is 0.231 e. The Morgan fingerprint density at radius 2 is 1.81 bits per heavy atom. The monoisotopic (exact) mass is 368 g/mol. The van der Waals surface area contributed by atoms with Gasteiger partial charge in [-0.25, -0.2) is 9.97 Å². The molecule has 0 spiro atoms. The second-order valence-electron chi connectivity index (χ2n) is 7.08. The first-order valence-electron chi connectivity index (χ1n) is 9.29. The largest absolute Gasteiger partial charge is 0.454 e. The van der Waals surface area contributed by atoms with Crippen LogP contribution in [0.5, 0.6) is 11.5 Å². The minimum absolute atomic E-state index is 0.123. The number of hydrogen-bond acceptors (Lipinski definition) is 7. The fourth-order valence-electron chi connectivity index (χ4n) is 3.58. The number of hydrogen-bond donors (Lipinski definition) is 0. The SMILES string of the molecule is CC(=O)Cc1cnc(N2CCN(C(C)c3ccc4c(c3)OCO4)CC2)nc1. The Balaban J connectivity index is 1.36. The number of carbonyl (C=O) groups excluding carboxylic acids is 1. The lowest BCUT2D eigenvalue weighted by Crippen LogP contribution is -2.47. The normalized spacial score (nSPS) is 17.8. The molecule has 0 amide bonds. The van der Waals surface area contributed by atoms with Crippen molar-refractivity contribution in [3.05, 3.63) is 41.7 Å². The lowest BCUT2D eigenvalue weighted by Gasteiger charge is -2.38. The van der Waals surface area contributed by atoms with E-state index in [9.17, 15) is 4.79 Å². The lowest BCUT2D eigenvalue weighted by atomic mass is 10.1. The number of rotatable bonds is 5. The number of fused-ring (bicyclic) bond motifs is 1. The second-order valence-corrected chi connectivity index (χ2v) is 7.08. The van der Waals surface area contributed by atoms with E-state index >= 15 is 0 Å². The molecule has 142 valence electrons. The molecule has 0 saturated carbocycles. The Morgan fingerprint density at radius 3 is 2.52 bits per heavy atom. The standard InChI is InChI=1S/C20H24N4O3/c1-14(25)9-16-11-21-20(22-12-16)24-7-5-23(6-8-24)15(2)17-3-4-18-19(10-17)27-13-26-18/h3-4,10-12,15H,5-9,13H2,1-2H3. The molecule has 2 aliphatic heterocycles. The maximum Gasteiger partial charge on any atom is 0.231 e. The number of anilines is 1. The summed E-state index contributed by atoms with van der Waals surface area (Å²) < 4.78 is 10.9. The van der Waals surface area contributed by atoms with E-state index in [1.807, 2.05) is 6.07 Å². The quantitative estimate of drug-likeness (QED) is 0.801. The van der Waals surface area contributed by atoms with Crippen LogP contribution < -0.4 is 14.4 Å². The van der Waals surface area contributed by atoms with Crippen molar-refractivity contribution in [2.45, 2.75) is 26.3 Å². The van der Waals surface area contributed by atoms with Crippen molar-refractivity contribution < 1.29 is 14.3 Å². The van der Waals surface area contributed by atoms with Crippen molar-refractivity contribution in [3.63, 3.8) is 0 Å². The van der Waals surface area contributed by atoms with Gasteiger partial charge < -0.3 is 14.4 Å². The molecule has 1 fully saturated rings. The first-order valence-corrected chi connectivity index (χ1v) is 9.29. The molecule has 3 heterocycles. The van der Waals surface area contributed by atoms with Crippen molar-refractivity contribution in [1.82, 2.24) is 14.9 Å². The second kappa shape index (κ2) is 7.52. The highest BCUT2D eigenvalue weighted by Gasteiger charge is 2.25. The first kappa shape index (κ1) is 17.7. The molecule has 2 aliphatic rings. The van der Waals surface area contributed by atoms with Crippen LogP contribution in [0.15, 0.2) is 30.6 Å². The highest BCUT2D eigenvalue weighted by atomic mass is 16.7. The molecule has 1 aromatic carbocycles. The molecule has 1 unspecified atom stereocenters. The summed E-state index contributed by atoms with van der Waals surface area (Å²) in [7, 11) is 0. The van der Waals surface area contributed by atoms with Gasteiger partial charge in [0.05, 0.1) is 0 Å². The molecule has 7 nitrogen and oxygen atoms in total. The van der Waals surface area contributed by atoms with Gasteiger partial charge in [-0.15, -0.1) is 0 Å². The Hall–Kier alpha value is -2.67. The number of carbonyl (C=O) groups is 1. The molecule has 0 radical (unpaired) electrons. The minimum atomic E-state index is 0.123. The van der Waals surface area contributed by atoms with E-state index in [-0.39, 0.29) is 5.78 Å². The van der Waals surface area contributed by atoms with E-state index in [2.05, 4.69) is 38.8 Å². The molecule has 2 aromatic rings. The van der Waals surface area contributed by atoms with Gasteiger partial charge in [-0.05, 0) is 37.1 Å². The topological polar surface area (TPSA) is 67.8 Å². The van der Waals surface area contributed by atoms with E-state index in [4.69, 9.17) is 9.47 Å². The van der Waals surface area contributed by atoms with Crippen LogP contribution >= 0.6 is 0 Å². The van der Waals surface area contributed by atoms with Gasteiger partial charge in [0.1, 0.15) is 5.78 Å². The summed E-state index contributed by atoms with van der Waals surface area (Å²) in [5.74, 6) is 2.51. The third-order valence-electron chi connectivity index (χ3n) is 5.17. The van der Waals surface area contributed by atoms with Crippen molar-refractivity contribution in [2.24, 2.45) is 0 Å². The van der Waals surface area contributed by atoms with E-state index in [1.54, 1.807) is 19.3 Å². The molecule has 0 N–H and O–H groups in total. The Morgan fingerprint density at radius 1 is 1.11 bits per heavy atom. The summed E-state index contributed by atoms with van der Waals surface area (Å²) in [4.78, 5) is 24.7. The van der Waals surface area contributed by atoms with E-state index in [1.165, 1.54) is 5.56 Å². The Labute approximate surface area is 158 Å². The van der Waals surface area contributed by atoms with Crippen LogP contribution in [0.3, 0.4) is 0 Å². The van der Waals surface area contributed by atoms with Crippen LogP contribution in [-0.2, 0) is 11.2 Å². The fraction of sp³-hybridized carbons (Fsp3) is 0.450. The number of ether oxygens (including phenoxy) is 2. The van der Waals surface area contributed by atoms with Crippen LogP contribution in [0.25, 0.3) is 0 Å². The molecule has 0 bridgehead atoms. The molecular weight excluding hydrogens is 344 g/mol. The highest BCUT2D eigenvalue weighted by molar-refractivity contribution is 5.77. The van der Waals surface area contributed by atoms with E-state index < -0.39 is 0 Å². The summed E-state index contributed by atoms with van der Waals surface area (Å²) in [5, 5.41) is 0. The average molecular weight is 368 g/mol. The zero-order valence-corrected chi connectivity index (χ0v) is 15.7. The van der Waals surface area contributed by atoms with Gasteiger partial charge in [0.25, 0.3) is 0 Å². The van der Waals surface area contributed by atoms with Gasteiger partial charge in [-0.3, -0.25) is 9.69 Å². The molecule has 4 rings (SSSR count). The van der Waals surface area contributed by atoms with Crippen LogP contribution in [0.4, 0.5) is 5.95 Å². The van der Waals surface area contributed by atoms with Gasteiger partial charge in [0, 0.05) is 51.0 Å². The van der Waals surface area contributed by atoms with E-state index in [0.29, 0.717) is 19.3 Å². The lowest BCUT2D eigenvalue weighted by molar-refractivity contribution is -0.116. The predicted molar refractivity (Wildman–Crippen MR) is 101 cm³/mol. The summed E-state index contributed by atoms with van der Waals surface area (Å²) in [5.41, 5.74) is 2.10. The number of ketones is 1. The molecule has 1 saturated heterocycles. The van der Waals surface area contributed by atoms with E-state index in [0.717, 1.165) is 49.2 Å². The summed E-state index contributed by atoms with van der Waals surface area (Å²) in [6.45, 7) is 7.73. The molecule has 27 heavy (non-hydrogen) atoms. The molecule has 1 atom stereocenters. The first-order chi connectivity index (χ1) is 13.1. The van der Waals surface area contributed by atoms with Gasteiger partial charge in [-0.1, -0.05) is 6.07 Å². The maximum absolute atomic E-state index is 11.2. The molecule has 0 aliphatic carbocycles. The number of aromatic nitrogens is 2. The summed E-state index contributed by atoms with van der Waals surface area (Å²) >= 11 is 0. The van der Waals surface area contributed by atoms with Crippen LogP contribution in [0.1, 0.15) is 31.0 Å². The molecule has 1 aromatic heterocycles. The van der Waals surface area contributed by atoms with Crippen molar-refractivity contribution in [1.29, 1.82) is 0 Å². The van der Waals surface area contributed by atoms with Gasteiger partial charge in [-0.2, -0.15) is 0 Å². The van der Waals surface area contributed by atoms with Gasteiger partial charge in [0.15, 0.2) is 11.5 Å². The third-order valence-corrected chi connectivity index (χ3v) is 5.17. The number of piperazine rings is 1. The number of nitrogens with zero attached hydrogens (tertiary/aromatic N) is 4. The van der Waals surface area contributed by atoms with Gasteiger partial charge in [0.2, 0.25) is 12.7 Å². The maximum atomic E-state index is 11.2. The summed E-state index contributed by atoms with van der Waals surface area (Å²) in [6.07, 6.45) is 3.90. The number of benzene rings is 1. The van der Waals surface area contributed by atoms with Crippen LogP contribution in [0.2, 0.25) is 0 Å². The molecule has 7 heteroatoms. The Bertz CT molecular complexity index is 816. The number of Topliss-reactive ketones (excluding diaryl/α,β-unsaturated/α-hetero) is 1. The van der Waals surface area contributed by atoms with Crippen molar-refractivity contribution >= 4 is 11.7 Å². The van der Waals surface area contributed by atoms with Crippen molar-refractivity contribution in [3.8, 4) is 11.5 Å². The van der Waals surface area contributed by atoms with Crippen molar-refractivity contribution in [2.75, 3.05) is 37.9 Å². The molecular formula is C20H24N4O3. The van der Waals surface area contributed by atoms with Gasteiger partial charge >= 0.3 is 0 Å². The van der Waals surface area contributed by atoms with Crippen LogP contribution in [-0.4, -0.2) is 53.6 Å².